The first-order valence-corrected chi connectivity index (χ1v) is 3.77. The lowest BCUT2D eigenvalue weighted by atomic mass is 10.3. The number of pyridine rings is 1. The third-order valence-electron chi connectivity index (χ3n) is 1.18. The van der Waals surface area contributed by atoms with Gasteiger partial charge < -0.3 is 0 Å². The third kappa shape index (κ3) is 1.76. The van der Waals surface area contributed by atoms with E-state index in [-0.39, 0.29) is 11.4 Å². The van der Waals surface area contributed by atoms with Crippen LogP contribution in [0, 0.1) is 11.3 Å². The largest absolute Gasteiger partial charge is 0.274 e. The number of carbonyl (C=O) groups excluding carboxylic acids is 1. The van der Waals surface area contributed by atoms with Gasteiger partial charge in [-0.05, 0) is 23.7 Å². The van der Waals surface area contributed by atoms with Gasteiger partial charge in [0.2, 0.25) is 0 Å². The Morgan fingerprint density at radius 1 is 1.67 bits per heavy atom. The van der Waals surface area contributed by atoms with Crippen molar-refractivity contribution in [3.05, 3.63) is 23.5 Å². The van der Waals surface area contributed by atoms with Gasteiger partial charge in [0.05, 0.1) is 0 Å². The molecule has 0 aromatic carbocycles. The van der Waals surface area contributed by atoms with Crippen LogP contribution in [0.2, 0.25) is 0 Å². The van der Waals surface area contributed by atoms with Crippen LogP contribution in [0.5, 0.6) is 0 Å². The van der Waals surface area contributed by atoms with Crippen LogP contribution in [-0.2, 0) is 0 Å². The van der Waals surface area contributed by atoms with E-state index in [1.165, 1.54) is 12.1 Å². The summed E-state index contributed by atoms with van der Waals surface area (Å²) in [5.41, 5.74) is 0.163. The van der Waals surface area contributed by atoms with Crippen LogP contribution in [-0.4, -0.2) is 10.2 Å². The Bertz CT molecular complexity index is 372. The van der Waals surface area contributed by atoms with Gasteiger partial charge in [0.1, 0.15) is 11.8 Å². The molecule has 5 heteroatoms. The summed E-state index contributed by atoms with van der Waals surface area (Å²) >= 11 is 9.10. The van der Waals surface area contributed by atoms with Gasteiger partial charge in [-0.1, -0.05) is 0 Å². The monoisotopic (exact) mass is 198 g/mol. The summed E-state index contributed by atoms with van der Waals surface area (Å²) in [5.74, 6) is 0. The van der Waals surface area contributed by atoms with Crippen molar-refractivity contribution in [1.29, 1.82) is 5.26 Å². The van der Waals surface area contributed by atoms with Gasteiger partial charge in [-0.2, -0.15) is 5.26 Å². The third-order valence-corrected chi connectivity index (χ3v) is 1.74. The molecule has 1 aromatic rings. The zero-order valence-electron chi connectivity index (χ0n) is 5.78. The smallest absolute Gasteiger partial charge is 0.270 e. The van der Waals surface area contributed by atoms with Crippen LogP contribution in [0.15, 0.2) is 17.0 Å². The van der Waals surface area contributed by atoms with Gasteiger partial charge >= 0.3 is 0 Å². The first-order valence-electron chi connectivity index (χ1n) is 2.95. The molecule has 0 aliphatic rings. The van der Waals surface area contributed by atoms with Gasteiger partial charge in [0, 0.05) is 4.90 Å². The molecule has 1 heterocycles. The first kappa shape index (κ1) is 9.04. The Morgan fingerprint density at radius 3 is 2.83 bits per heavy atom. The number of hydrogen-bond acceptors (Lipinski definition) is 4. The molecule has 0 aliphatic carbocycles. The van der Waals surface area contributed by atoms with Gasteiger partial charge in [0.15, 0.2) is 5.69 Å². The van der Waals surface area contributed by atoms with Crippen LogP contribution < -0.4 is 0 Å². The number of hydrogen-bond donors (Lipinski definition) is 1. The average molecular weight is 199 g/mol. The molecule has 0 saturated carbocycles. The fraction of sp³-hybridized carbons (Fsp3) is 0. The molecule has 0 spiro atoms. The SMILES string of the molecule is N#Cc1nc(C(=O)Cl)ccc1S. The van der Waals surface area contributed by atoms with E-state index in [2.05, 4.69) is 17.6 Å². The normalized spacial score (nSPS) is 9.08. The molecule has 0 saturated heterocycles. The summed E-state index contributed by atoms with van der Waals surface area (Å²) in [6, 6.07) is 4.71. The Morgan fingerprint density at radius 2 is 2.33 bits per heavy atom. The lowest BCUT2D eigenvalue weighted by molar-refractivity contribution is 0.107. The summed E-state index contributed by atoms with van der Waals surface area (Å²) in [7, 11) is 0. The fourth-order valence-corrected chi connectivity index (χ4v) is 0.923. The second-order valence-corrected chi connectivity index (χ2v) is 2.77. The second kappa shape index (κ2) is 3.57. The van der Waals surface area contributed by atoms with Gasteiger partial charge in [0.25, 0.3) is 5.24 Å². The molecule has 12 heavy (non-hydrogen) atoms. The minimum Gasteiger partial charge on any atom is -0.274 e. The predicted molar refractivity (Wildman–Crippen MR) is 46.4 cm³/mol. The fourth-order valence-electron chi connectivity index (χ4n) is 0.644. The van der Waals surface area contributed by atoms with E-state index >= 15 is 0 Å². The van der Waals surface area contributed by atoms with E-state index in [0.717, 1.165) is 0 Å². The minimum atomic E-state index is -0.681. The Labute approximate surface area is 79.4 Å². The van der Waals surface area contributed by atoms with Crippen molar-refractivity contribution in [3.8, 4) is 6.07 Å². The maximum atomic E-state index is 10.6. The van der Waals surface area contributed by atoms with Crippen LogP contribution >= 0.6 is 24.2 Å². The highest BCUT2D eigenvalue weighted by atomic mass is 35.5. The molecular formula is C7H3ClN2OS. The van der Waals surface area contributed by atoms with Gasteiger partial charge in [-0.3, -0.25) is 4.79 Å². The molecule has 0 amide bonds. The zero-order valence-corrected chi connectivity index (χ0v) is 7.43. The molecule has 0 N–H and O–H groups in total. The highest BCUT2D eigenvalue weighted by Gasteiger charge is 2.06. The topological polar surface area (TPSA) is 53.8 Å². The maximum Gasteiger partial charge on any atom is 0.270 e. The van der Waals surface area contributed by atoms with Crippen LogP contribution in [0.1, 0.15) is 16.2 Å². The maximum absolute atomic E-state index is 10.6. The van der Waals surface area contributed by atoms with E-state index in [0.29, 0.717) is 4.90 Å². The Balaban J connectivity index is 3.25. The molecule has 0 radical (unpaired) electrons. The van der Waals surface area contributed by atoms with Gasteiger partial charge in [-0.25, -0.2) is 4.98 Å². The number of rotatable bonds is 1. The minimum absolute atomic E-state index is 0.0611. The van der Waals surface area contributed by atoms with Crippen LogP contribution in [0.3, 0.4) is 0 Å². The molecule has 0 atom stereocenters. The summed E-state index contributed by atoms with van der Waals surface area (Å²) in [6.07, 6.45) is 0. The number of carbonyl (C=O) groups is 1. The van der Waals surface area contributed by atoms with Crippen molar-refractivity contribution in [1.82, 2.24) is 4.98 Å². The van der Waals surface area contributed by atoms with Crippen molar-refractivity contribution in [3.63, 3.8) is 0 Å². The summed E-state index contributed by atoms with van der Waals surface area (Å²) in [5, 5.41) is 7.83. The summed E-state index contributed by atoms with van der Waals surface area (Å²) in [4.78, 5) is 14.7. The lowest BCUT2D eigenvalue weighted by Crippen LogP contribution is -1.96. The van der Waals surface area contributed by atoms with Crippen LogP contribution in [0.25, 0.3) is 0 Å². The molecule has 3 nitrogen and oxygen atoms in total. The number of halogens is 1. The highest BCUT2D eigenvalue weighted by Crippen LogP contribution is 2.11. The zero-order chi connectivity index (χ0) is 9.14. The quantitative estimate of drug-likeness (QED) is 0.551. The Hall–Kier alpha value is -1.05. The molecule has 0 fully saturated rings. The van der Waals surface area contributed by atoms with Crippen molar-refractivity contribution >= 4 is 29.5 Å². The van der Waals surface area contributed by atoms with Crippen molar-refractivity contribution < 1.29 is 4.79 Å². The van der Waals surface area contributed by atoms with E-state index in [9.17, 15) is 4.79 Å². The average Bonchev–Trinajstić information content (AvgIpc) is 2.05. The molecule has 0 bridgehead atoms. The van der Waals surface area contributed by atoms with E-state index in [1.807, 2.05) is 0 Å². The summed E-state index contributed by atoms with van der Waals surface area (Å²) in [6.45, 7) is 0. The first-order chi connectivity index (χ1) is 5.65. The molecular weight excluding hydrogens is 196 g/mol. The summed E-state index contributed by atoms with van der Waals surface area (Å²) < 4.78 is 0. The number of nitrogens with zero attached hydrogens (tertiary/aromatic N) is 2. The molecule has 0 unspecified atom stereocenters. The molecule has 60 valence electrons. The predicted octanol–water partition coefficient (Wildman–Crippen LogP) is 1.62. The van der Waals surface area contributed by atoms with Gasteiger partial charge in [-0.15, -0.1) is 12.6 Å². The van der Waals surface area contributed by atoms with Crippen molar-refractivity contribution in [2.45, 2.75) is 4.90 Å². The van der Waals surface area contributed by atoms with E-state index in [1.54, 1.807) is 6.07 Å². The number of thiol groups is 1. The van der Waals surface area contributed by atoms with Crippen LogP contribution in [0.4, 0.5) is 0 Å². The standard InChI is InChI=1S/C7H3ClN2OS/c8-7(11)4-1-2-6(12)5(3-9)10-4/h1-2,12H. The van der Waals surface area contributed by atoms with E-state index < -0.39 is 5.24 Å². The Kier molecular flexibility index (Phi) is 2.69. The molecule has 1 rings (SSSR count). The molecule has 1 aromatic heterocycles. The second-order valence-electron chi connectivity index (χ2n) is 1.95. The highest BCUT2D eigenvalue weighted by molar-refractivity contribution is 7.80. The molecule has 0 aliphatic heterocycles. The number of nitriles is 1. The number of aromatic nitrogens is 1. The van der Waals surface area contributed by atoms with Crippen molar-refractivity contribution in [2.75, 3.05) is 0 Å². The van der Waals surface area contributed by atoms with E-state index in [4.69, 9.17) is 16.9 Å². The van der Waals surface area contributed by atoms with Crippen molar-refractivity contribution in [2.24, 2.45) is 0 Å². The lowest BCUT2D eigenvalue weighted by Gasteiger charge is -1.95.